The van der Waals surface area contributed by atoms with E-state index in [1.165, 1.54) is 0 Å². The minimum atomic E-state index is 0.846. The first-order valence-corrected chi connectivity index (χ1v) is 5.78. The zero-order chi connectivity index (χ0) is 11.4. The molecule has 0 aliphatic rings. The van der Waals surface area contributed by atoms with E-state index >= 15 is 0 Å². The van der Waals surface area contributed by atoms with Crippen molar-refractivity contribution in [1.82, 2.24) is 4.98 Å². The number of rotatable bonds is 3. The third-order valence-corrected chi connectivity index (χ3v) is 2.90. The molecule has 0 fully saturated rings. The predicted molar refractivity (Wildman–Crippen MR) is 65.9 cm³/mol. The van der Waals surface area contributed by atoms with E-state index in [9.17, 15) is 0 Å². The summed E-state index contributed by atoms with van der Waals surface area (Å²) in [6.07, 6.45) is 1.77. The van der Waals surface area contributed by atoms with Crippen molar-refractivity contribution < 1.29 is 4.74 Å². The molecular weight excluding hydrogens is 263 g/mol. The van der Waals surface area contributed by atoms with Gasteiger partial charge in [0.2, 0.25) is 0 Å². The summed E-state index contributed by atoms with van der Waals surface area (Å²) in [4.78, 5) is 4.26. The molecule has 2 rings (SSSR count). The van der Waals surface area contributed by atoms with Crippen LogP contribution in [0.5, 0.6) is 5.75 Å². The average Bonchev–Trinajstić information content (AvgIpc) is 2.33. The van der Waals surface area contributed by atoms with Crippen molar-refractivity contribution in [3.05, 3.63) is 42.6 Å². The molecule has 0 aliphatic heterocycles. The first-order valence-electron chi connectivity index (χ1n) is 4.84. The fourth-order valence-electron chi connectivity index (χ4n) is 1.30. The van der Waals surface area contributed by atoms with Crippen LogP contribution in [0, 0.1) is 0 Å². The molecule has 2 aromatic rings. The molecule has 0 aliphatic carbocycles. The topological polar surface area (TPSA) is 34.1 Å². The van der Waals surface area contributed by atoms with Crippen molar-refractivity contribution in [3.63, 3.8) is 0 Å². The quantitative estimate of drug-likeness (QED) is 0.864. The summed E-state index contributed by atoms with van der Waals surface area (Å²) in [5.41, 5.74) is 0.992. The Balaban J connectivity index is 2.18. The van der Waals surface area contributed by atoms with Crippen LogP contribution in [0.25, 0.3) is 0 Å². The molecule has 80 valence electrons. The van der Waals surface area contributed by atoms with Crippen LogP contribution in [0.4, 0.5) is 11.5 Å². The number of nitrogens with one attached hydrogen (secondary N) is 1. The van der Waals surface area contributed by atoms with Crippen molar-refractivity contribution in [1.29, 1.82) is 0 Å². The fraction of sp³-hybridized carbons (Fsp3) is 0.0833. The van der Waals surface area contributed by atoms with Crippen LogP contribution >= 0.6 is 0 Å². The summed E-state index contributed by atoms with van der Waals surface area (Å²) in [7, 11) is 1.66. The molecule has 1 aromatic carbocycles. The van der Waals surface area contributed by atoms with Crippen molar-refractivity contribution in [2.45, 2.75) is 0 Å². The molecule has 1 aromatic heterocycles. The Bertz CT molecular complexity index is 471. The Labute approximate surface area is 103 Å². The van der Waals surface area contributed by atoms with Gasteiger partial charge in [-0.1, -0.05) is 0 Å². The van der Waals surface area contributed by atoms with E-state index in [0.29, 0.717) is 0 Å². The molecule has 2 radical (unpaired) electrons. The Kier molecular flexibility index (Phi) is 3.47. The van der Waals surface area contributed by atoms with E-state index in [-0.39, 0.29) is 0 Å². The van der Waals surface area contributed by atoms with Crippen LogP contribution in [0.15, 0.2) is 42.6 Å². The molecule has 1 N–H and O–H groups in total. The summed E-state index contributed by atoms with van der Waals surface area (Å²) in [6, 6.07) is 11.6. The van der Waals surface area contributed by atoms with E-state index in [1.54, 1.807) is 13.3 Å². The van der Waals surface area contributed by atoms with Gasteiger partial charge in [-0.05, 0) is 0 Å². The molecule has 0 atom stereocenters. The van der Waals surface area contributed by atoms with Crippen molar-refractivity contribution in [2.75, 3.05) is 12.4 Å². The second kappa shape index (κ2) is 5.04. The van der Waals surface area contributed by atoms with Gasteiger partial charge in [0.05, 0.1) is 0 Å². The van der Waals surface area contributed by atoms with Crippen LogP contribution < -0.4 is 14.4 Å². The Hall–Kier alpha value is -1.47. The number of hydrogen-bond donors (Lipinski definition) is 1. The third kappa shape index (κ3) is 2.55. The standard InChI is InChI=1S/C12H11AsN2O/c1-16-10-6-4-9(5-7-10)15-12-11(13)3-2-8-14-12/h2-8H,1H3,(H,14,15). The van der Waals surface area contributed by atoms with Gasteiger partial charge in [-0.25, -0.2) is 0 Å². The van der Waals surface area contributed by atoms with Gasteiger partial charge in [0.15, 0.2) is 0 Å². The number of nitrogens with zero attached hydrogens (tertiary/aromatic N) is 1. The van der Waals surface area contributed by atoms with E-state index in [1.807, 2.05) is 36.4 Å². The van der Waals surface area contributed by atoms with Crippen LogP contribution in [-0.4, -0.2) is 28.9 Å². The molecule has 0 spiro atoms. The summed E-state index contributed by atoms with van der Waals surface area (Å²) >= 11 is 2.50. The fourth-order valence-corrected chi connectivity index (χ4v) is 1.72. The summed E-state index contributed by atoms with van der Waals surface area (Å²) in [6.45, 7) is 0. The summed E-state index contributed by atoms with van der Waals surface area (Å²) < 4.78 is 6.16. The minimum absolute atomic E-state index is 0.846. The second-order valence-corrected chi connectivity index (χ2v) is 4.24. The van der Waals surface area contributed by atoms with Gasteiger partial charge >= 0.3 is 103 Å². The molecule has 0 unspecified atom stereocenters. The van der Waals surface area contributed by atoms with Crippen molar-refractivity contribution in [2.24, 2.45) is 0 Å². The summed E-state index contributed by atoms with van der Waals surface area (Å²) in [5, 5.41) is 3.24. The molecule has 3 nitrogen and oxygen atoms in total. The van der Waals surface area contributed by atoms with Gasteiger partial charge in [0.1, 0.15) is 0 Å². The van der Waals surface area contributed by atoms with E-state index < -0.39 is 0 Å². The van der Waals surface area contributed by atoms with Crippen molar-refractivity contribution >= 4 is 32.7 Å². The van der Waals surface area contributed by atoms with Crippen molar-refractivity contribution in [3.8, 4) is 5.75 Å². The molecule has 0 bridgehead atoms. The molecule has 16 heavy (non-hydrogen) atoms. The molecular formula is C12H11AsN2O. The second-order valence-electron chi connectivity index (χ2n) is 3.22. The zero-order valence-corrected chi connectivity index (χ0v) is 10.7. The van der Waals surface area contributed by atoms with Gasteiger partial charge in [-0.15, -0.1) is 0 Å². The SMILES string of the molecule is COc1ccc(Nc2ncccc2[As])cc1. The number of anilines is 2. The van der Waals surface area contributed by atoms with Gasteiger partial charge in [-0.3, -0.25) is 0 Å². The van der Waals surface area contributed by atoms with Crippen LogP contribution in [-0.2, 0) is 0 Å². The third-order valence-electron chi connectivity index (χ3n) is 2.14. The Morgan fingerprint density at radius 1 is 1.19 bits per heavy atom. The molecule has 0 amide bonds. The predicted octanol–water partition coefficient (Wildman–Crippen LogP) is 1.63. The molecule has 4 heteroatoms. The van der Waals surface area contributed by atoms with E-state index in [4.69, 9.17) is 4.74 Å². The summed E-state index contributed by atoms with van der Waals surface area (Å²) in [5.74, 6) is 1.70. The van der Waals surface area contributed by atoms with E-state index in [2.05, 4.69) is 27.2 Å². The maximum atomic E-state index is 5.10. The Morgan fingerprint density at radius 3 is 2.56 bits per heavy atom. The average molecular weight is 274 g/mol. The first-order chi connectivity index (χ1) is 7.79. The zero-order valence-electron chi connectivity index (χ0n) is 8.84. The number of benzene rings is 1. The van der Waals surface area contributed by atoms with Gasteiger partial charge < -0.3 is 0 Å². The maximum absolute atomic E-state index is 5.10. The number of hydrogen-bond acceptors (Lipinski definition) is 3. The van der Waals surface area contributed by atoms with Gasteiger partial charge in [-0.2, -0.15) is 0 Å². The van der Waals surface area contributed by atoms with Crippen LogP contribution in [0.3, 0.4) is 0 Å². The van der Waals surface area contributed by atoms with Crippen LogP contribution in [0.2, 0.25) is 0 Å². The molecule has 0 saturated heterocycles. The number of pyridine rings is 1. The number of methoxy groups -OCH3 is 1. The van der Waals surface area contributed by atoms with Gasteiger partial charge in [0, 0.05) is 0 Å². The first kappa shape index (κ1) is 11.0. The number of ether oxygens (including phenoxy) is 1. The normalized spacial score (nSPS) is 9.88. The molecule has 0 saturated carbocycles. The monoisotopic (exact) mass is 274 g/mol. The Morgan fingerprint density at radius 2 is 1.94 bits per heavy atom. The molecule has 1 heterocycles. The van der Waals surface area contributed by atoms with E-state index in [0.717, 1.165) is 21.6 Å². The van der Waals surface area contributed by atoms with Gasteiger partial charge in [0.25, 0.3) is 0 Å². The number of aromatic nitrogens is 1. The van der Waals surface area contributed by atoms with Crippen LogP contribution in [0.1, 0.15) is 0 Å².